The Hall–Kier alpha value is -0.830. The van der Waals surface area contributed by atoms with Gasteiger partial charge in [-0.1, -0.05) is 12.2 Å². The van der Waals surface area contributed by atoms with Crippen molar-refractivity contribution in [3.8, 4) is 0 Å². The molecule has 2 N–H and O–H groups in total. The Balaban J connectivity index is 4.24. The molecule has 0 fully saturated rings. The third kappa shape index (κ3) is 3.53. The van der Waals surface area contributed by atoms with Crippen LogP contribution in [0.2, 0.25) is 0 Å². The van der Waals surface area contributed by atoms with Crippen molar-refractivity contribution < 1.29 is 9.53 Å². The van der Waals surface area contributed by atoms with Crippen LogP contribution in [0, 0.1) is 0 Å². The number of ether oxygens (including phenoxy) is 1. The Morgan fingerprint density at radius 2 is 2.17 bits per heavy atom. The molecule has 0 saturated heterocycles. The minimum atomic E-state index is -0.583. The molecule has 2 atom stereocenters. The van der Waals surface area contributed by atoms with Crippen LogP contribution < -0.4 is 5.73 Å². The van der Waals surface area contributed by atoms with Crippen molar-refractivity contribution in [1.82, 2.24) is 0 Å². The van der Waals surface area contributed by atoms with E-state index in [9.17, 15) is 4.79 Å². The second-order valence-corrected chi connectivity index (χ2v) is 3.12. The van der Waals surface area contributed by atoms with Crippen LogP contribution in [0.4, 0.5) is 0 Å². The van der Waals surface area contributed by atoms with E-state index in [0.717, 1.165) is 0 Å². The van der Waals surface area contributed by atoms with Gasteiger partial charge in [0.15, 0.2) is 0 Å². The predicted molar refractivity (Wildman–Crippen MR) is 48.6 cm³/mol. The number of carbonyl (C=O) groups excluding carboxylic acids is 1. The maximum absolute atomic E-state index is 10.6. The molecule has 12 heavy (non-hydrogen) atoms. The molecule has 0 heterocycles. The minimum absolute atomic E-state index is 0.300. The van der Waals surface area contributed by atoms with Crippen LogP contribution in [0.25, 0.3) is 0 Å². The maximum Gasteiger partial charge on any atom is 0.302 e. The molecule has 0 aliphatic carbocycles. The van der Waals surface area contributed by atoms with Gasteiger partial charge in [0.05, 0.1) is 5.54 Å². The topological polar surface area (TPSA) is 52.3 Å². The molecule has 0 spiro atoms. The highest BCUT2D eigenvalue weighted by atomic mass is 16.5. The molecule has 0 amide bonds. The van der Waals surface area contributed by atoms with Gasteiger partial charge in [0.25, 0.3) is 0 Å². The lowest BCUT2D eigenvalue weighted by Crippen LogP contribution is -2.46. The summed E-state index contributed by atoms with van der Waals surface area (Å²) in [6, 6.07) is 0. The molecular weight excluding hydrogens is 154 g/mol. The van der Waals surface area contributed by atoms with Crippen molar-refractivity contribution in [3.63, 3.8) is 0 Å². The highest BCUT2D eigenvalue weighted by Crippen LogP contribution is 2.11. The standard InChI is InChI=1S/C9H17NO2/c1-5-6-9(4,10)7(2)12-8(3)11/h5-7H,10H2,1-4H3. The summed E-state index contributed by atoms with van der Waals surface area (Å²) in [7, 11) is 0. The molecule has 3 nitrogen and oxygen atoms in total. The molecule has 2 unspecified atom stereocenters. The van der Waals surface area contributed by atoms with Gasteiger partial charge >= 0.3 is 5.97 Å². The van der Waals surface area contributed by atoms with Gasteiger partial charge in [-0.3, -0.25) is 4.79 Å². The monoisotopic (exact) mass is 171 g/mol. The largest absolute Gasteiger partial charge is 0.461 e. The smallest absolute Gasteiger partial charge is 0.302 e. The zero-order valence-corrected chi connectivity index (χ0v) is 8.13. The highest BCUT2D eigenvalue weighted by Gasteiger charge is 2.25. The fraction of sp³-hybridized carbons (Fsp3) is 0.667. The van der Waals surface area contributed by atoms with Gasteiger partial charge in [0, 0.05) is 6.92 Å². The van der Waals surface area contributed by atoms with Gasteiger partial charge in [-0.15, -0.1) is 0 Å². The summed E-state index contributed by atoms with van der Waals surface area (Å²) in [4.78, 5) is 10.6. The van der Waals surface area contributed by atoms with Gasteiger partial charge in [0.2, 0.25) is 0 Å². The summed E-state index contributed by atoms with van der Waals surface area (Å²) in [5.41, 5.74) is 5.27. The first-order chi connectivity index (χ1) is 5.40. The van der Waals surface area contributed by atoms with Crippen molar-refractivity contribution in [2.24, 2.45) is 5.73 Å². The van der Waals surface area contributed by atoms with Crippen LogP contribution in [0.1, 0.15) is 27.7 Å². The van der Waals surface area contributed by atoms with E-state index >= 15 is 0 Å². The number of hydrogen-bond acceptors (Lipinski definition) is 3. The molecule has 0 bridgehead atoms. The lowest BCUT2D eigenvalue weighted by Gasteiger charge is -2.27. The molecular formula is C9H17NO2. The maximum atomic E-state index is 10.6. The molecule has 0 radical (unpaired) electrons. The summed E-state index contributed by atoms with van der Waals surface area (Å²) in [6.07, 6.45) is 3.37. The number of esters is 1. The lowest BCUT2D eigenvalue weighted by atomic mass is 9.97. The Labute approximate surface area is 73.6 Å². The van der Waals surface area contributed by atoms with Crippen molar-refractivity contribution in [1.29, 1.82) is 0 Å². The van der Waals surface area contributed by atoms with E-state index in [-0.39, 0.29) is 12.1 Å². The van der Waals surface area contributed by atoms with E-state index in [1.165, 1.54) is 6.92 Å². The summed E-state index contributed by atoms with van der Waals surface area (Å²) < 4.78 is 4.95. The second kappa shape index (κ2) is 4.26. The summed E-state index contributed by atoms with van der Waals surface area (Å²) in [6.45, 7) is 6.86. The number of rotatable bonds is 3. The second-order valence-electron chi connectivity index (χ2n) is 3.12. The first-order valence-electron chi connectivity index (χ1n) is 4.00. The average Bonchev–Trinajstić information content (AvgIpc) is 1.85. The van der Waals surface area contributed by atoms with Gasteiger partial charge in [-0.2, -0.15) is 0 Å². The van der Waals surface area contributed by atoms with Gasteiger partial charge in [-0.25, -0.2) is 0 Å². The Morgan fingerprint density at radius 3 is 2.50 bits per heavy atom. The Kier molecular flexibility index (Phi) is 3.96. The molecule has 0 aromatic rings. The number of carbonyl (C=O) groups is 1. The number of allylic oxidation sites excluding steroid dienone is 1. The molecule has 0 rings (SSSR count). The quantitative estimate of drug-likeness (QED) is 0.513. The van der Waals surface area contributed by atoms with Crippen molar-refractivity contribution >= 4 is 5.97 Å². The molecule has 0 aromatic heterocycles. The van der Waals surface area contributed by atoms with E-state index < -0.39 is 5.54 Å². The summed E-state index contributed by atoms with van der Waals surface area (Å²) in [5.74, 6) is -0.302. The lowest BCUT2D eigenvalue weighted by molar-refractivity contribution is -0.147. The zero-order valence-electron chi connectivity index (χ0n) is 8.13. The SMILES string of the molecule is CC=CC(C)(N)C(C)OC(C)=O. The summed E-state index contributed by atoms with van der Waals surface area (Å²) >= 11 is 0. The molecule has 3 heteroatoms. The van der Waals surface area contributed by atoms with E-state index in [1.807, 2.05) is 26.0 Å². The number of nitrogens with two attached hydrogens (primary N) is 1. The van der Waals surface area contributed by atoms with E-state index in [1.54, 1.807) is 6.92 Å². The fourth-order valence-electron chi connectivity index (χ4n) is 0.871. The molecule has 0 saturated carbocycles. The normalized spacial score (nSPS) is 18.8. The van der Waals surface area contributed by atoms with Gasteiger partial charge in [0.1, 0.15) is 6.10 Å². The van der Waals surface area contributed by atoms with Crippen LogP contribution in [0.5, 0.6) is 0 Å². The predicted octanol–water partition coefficient (Wildman–Crippen LogP) is 1.23. The molecule has 0 aliphatic rings. The van der Waals surface area contributed by atoms with Crippen LogP contribution >= 0.6 is 0 Å². The Morgan fingerprint density at radius 1 is 1.67 bits per heavy atom. The third-order valence-corrected chi connectivity index (χ3v) is 1.74. The minimum Gasteiger partial charge on any atom is -0.461 e. The molecule has 0 aliphatic heterocycles. The van der Waals surface area contributed by atoms with Crippen LogP contribution in [-0.4, -0.2) is 17.6 Å². The van der Waals surface area contributed by atoms with Crippen molar-refractivity contribution in [3.05, 3.63) is 12.2 Å². The molecule has 0 aromatic carbocycles. The Bertz CT molecular complexity index is 185. The highest BCUT2D eigenvalue weighted by molar-refractivity contribution is 5.66. The van der Waals surface area contributed by atoms with E-state index in [2.05, 4.69) is 0 Å². The van der Waals surface area contributed by atoms with Crippen LogP contribution in [0.3, 0.4) is 0 Å². The van der Waals surface area contributed by atoms with Gasteiger partial charge < -0.3 is 10.5 Å². The summed E-state index contributed by atoms with van der Waals surface area (Å²) in [5, 5.41) is 0. The van der Waals surface area contributed by atoms with Gasteiger partial charge in [-0.05, 0) is 20.8 Å². The average molecular weight is 171 g/mol. The zero-order chi connectivity index (χ0) is 9.78. The van der Waals surface area contributed by atoms with Crippen molar-refractivity contribution in [2.75, 3.05) is 0 Å². The van der Waals surface area contributed by atoms with Crippen molar-refractivity contribution in [2.45, 2.75) is 39.3 Å². The first kappa shape index (κ1) is 11.2. The first-order valence-corrected chi connectivity index (χ1v) is 4.00. The number of hydrogen-bond donors (Lipinski definition) is 1. The van der Waals surface area contributed by atoms with Crippen LogP contribution in [0.15, 0.2) is 12.2 Å². The van der Waals surface area contributed by atoms with E-state index in [4.69, 9.17) is 10.5 Å². The van der Waals surface area contributed by atoms with Crippen LogP contribution in [-0.2, 0) is 9.53 Å². The van der Waals surface area contributed by atoms with E-state index in [0.29, 0.717) is 0 Å². The fourth-order valence-corrected chi connectivity index (χ4v) is 0.871. The molecule has 70 valence electrons. The third-order valence-electron chi connectivity index (χ3n) is 1.74.